The van der Waals surface area contributed by atoms with Crippen molar-refractivity contribution in [3.05, 3.63) is 29.8 Å². The summed E-state index contributed by atoms with van der Waals surface area (Å²) in [7, 11) is 0. The lowest BCUT2D eigenvalue weighted by molar-refractivity contribution is 0.595. The highest BCUT2D eigenvalue weighted by atomic mass is 14.9. The van der Waals surface area contributed by atoms with Crippen molar-refractivity contribution in [3.8, 4) is 0 Å². The van der Waals surface area contributed by atoms with Gasteiger partial charge in [0.05, 0.1) is 0 Å². The van der Waals surface area contributed by atoms with Crippen LogP contribution in [0.15, 0.2) is 24.3 Å². The van der Waals surface area contributed by atoms with E-state index in [9.17, 15) is 0 Å². The van der Waals surface area contributed by atoms with Gasteiger partial charge in [-0.15, -0.1) is 0 Å². The predicted molar refractivity (Wildman–Crippen MR) is 61.3 cm³/mol. The highest BCUT2D eigenvalue weighted by Gasteiger charge is 2.12. The molecule has 2 rings (SSSR count). The molecule has 1 aromatic carbocycles. The molecule has 1 unspecified atom stereocenters. The first-order chi connectivity index (χ1) is 6.36. The minimum atomic E-state index is 0. The Labute approximate surface area is 82.7 Å². The number of para-hydroxylation sites is 1. The van der Waals surface area contributed by atoms with Crippen LogP contribution < -0.4 is 5.32 Å². The van der Waals surface area contributed by atoms with E-state index in [0.29, 0.717) is 0 Å². The molecular weight excluding hydrogens is 158 g/mol. The Morgan fingerprint density at radius 2 is 2.00 bits per heavy atom. The van der Waals surface area contributed by atoms with Crippen LogP contribution >= 0.6 is 0 Å². The number of hydrogen-bond donors (Lipinski definition) is 1. The van der Waals surface area contributed by atoms with Crippen LogP contribution in [0.4, 0.5) is 5.69 Å². The third kappa shape index (κ3) is 2.48. The zero-order valence-corrected chi connectivity index (χ0v) is 8.80. The van der Waals surface area contributed by atoms with Crippen molar-refractivity contribution in [2.24, 2.45) is 5.92 Å². The lowest BCUT2D eigenvalue weighted by Crippen LogP contribution is -2.20. The van der Waals surface area contributed by atoms with Gasteiger partial charge >= 0.3 is 0 Å². The second-order valence-corrected chi connectivity index (χ2v) is 3.35. The minimum Gasteiger partial charge on any atom is -0.385 e. The molecule has 0 radical (unpaired) electrons. The Kier molecular flexibility index (Phi) is 3.81. The van der Waals surface area contributed by atoms with Crippen LogP contribution in [-0.2, 0) is 6.42 Å². The first kappa shape index (κ1) is 10.1. The number of hydrogen-bond acceptors (Lipinski definition) is 1. The number of anilines is 1. The normalized spacial score (nSPS) is 19.2. The summed E-state index contributed by atoms with van der Waals surface area (Å²) in [4.78, 5) is 0. The molecule has 0 saturated carbocycles. The van der Waals surface area contributed by atoms with E-state index in [4.69, 9.17) is 0 Å². The topological polar surface area (TPSA) is 12.0 Å². The maximum Gasteiger partial charge on any atom is 0.0372 e. The van der Waals surface area contributed by atoms with E-state index in [1.165, 1.54) is 17.7 Å². The number of fused-ring (bicyclic) bond motifs is 1. The lowest BCUT2D eigenvalue weighted by Gasteiger charge is -2.22. The quantitative estimate of drug-likeness (QED) is 0.642. The standard InChI is InChI=1S/C10H13N.C2H6.H2/c1-8-6-9-4-2-3-5-10(9)11-7-8;1-2;/h2-5,8,11H,6-7H2,1H3;1-2H3;1H. The average molecular weight is 179 g/mol. The van der Waals surface area contributed by atoms with Crippen molar-refractivity contribution in [1.82, 2.24) is 0 Å². The molecule has 0 fully saturated rings. The summed E-state index contributed by atoms with van der Waals surface area (Å²) in [5, 5.41) is 3.41. The molecule has 1 heteroatoms. The van der Waals surface area contributed by atoms with E-state index in [1.807, 2.05) is 13.8 Å². The molecule has 1 aromatic rings. The molecule has 13 heavy (non-hydrogen) atoms. The molecule has 0 saturated heterocycles. The Balaban J connectivity index is 0.000000531. The third-order valence-electron chi connectivity index (χ3n) is 2.23. The molecule has 0 spiro atoms. The van der Waals surface area contributed by atoms with Crippen LogP contribution in [0.3, 0.4) is 0 Å². The predicted octanol–water partition coefficient (Wildman–Crippen LogP) is 3.56. The zero-order chi connectivity index (χ0) is 9.68. The van der Waals surface area contributed by atoms with Gasteiger partial charge in [-0.05, 0) is 24.0 Å². The first-order valence-electron chi connectivity index (χ1n) is 5.18. The molecule has 1 N–H and O–H groups in total. The van der Waals surface area contributed by atoms with Gasteiger partial charge in [-0.2, -0.15) is 0 Å². The van der Waals surface area contributed by atoms with Gasteiger partial charge < -0.3 is 5.32 Å². The second-order valence-electron chi connectivity index (χ2n) is 3.35. The molecule has 1 nitrogen and oxygen atoms in total. The molecule has 1 aliphatic heterocycles. The summed E-state index contributed by atoms with van der Waals surface area (Å²) in [6.45, 7) is 7.40. The minimum absolute atomic E-state index is 0. The van der Waals surface area contributed by atoms with Gasteiger partial charge in [0.25, 0.3) is 0 Å². The van der Waals surface area contributed by atoms with Crippen LogP contribution in [0.1, 0.15) is 27.8 Å². The van der Waals surface area contributed by atoms with Crippen LogP contribution in [0.25, 0.3) is 0 Å². The molecule has 0 amide bonds. The molecule has 1 aliphatic rings. The molecular formula is C12H21N. The third-order valence-corrected chi connectivity index (χ3v) is 2.23. The lowest BCUT2D eigenvalue weighted by atomic mass is 9.96. The van der Waals surface area contributed by atoms with Crippen molar-refractivity contribution in [1.29, 1.82) is 0 Å². The molecule has 0 aliphatic carbocycles. The Morgan fingerprint density at radius 3 is 2.77 bits per heavy atom. The van der Waals surface area contributed by atoms with Crippen LogP contribution in [-0.4, -0.2) is 6.54 Å². The van der Waals surface area contributed by atoms with Crippen molar-refractivity contribution >= 4 is 5.69 Å². The molecule has 1 atom stereocenters. The van der Waals surface area contributed by atoms with Gasteiger partial charge in [0.15, 0.2) is 0 Å². The van der Waals surface area contributed by atoms with Gasteiger partial charge in [-0.25, -0.2) is 0 Å². The molecule has 74 valence electrons. The van der Waals surface area contributed by atoms with E-state index >= 15 is 0 Å². The fourth-order valence-electron chi connectivity index (χ4n) is 1.60. The Bertz CT molecular complexity index is 260. The molecule has 1 heterocycles. The van der Waals surface area contributed by atoms with Crippen molar-refractivity contribution in [3.63, 3.8) is 0 Å². The maximum absolute atomic E-state index is 3.41. The zero-order valence-electron chi connectivity index (χ0n) is 8.80. The summed E-state index contributed by atoms with van der Waals surface area (Å²) in [6, 6.07) is 8.56. The smallest absolute Gasteiger partial charge is 0.0372 e. The van der Waals surface area contributed by atoms with E-state index in [0.717, 1.165) is 12.5 Å². The van der Waals surface area contributed by atoms with E-state index < -0.39 is 0 Å². The maximum atomic E-state index is 3.41. The highest BCUT2D eigenvalue weighted by molar-refractivity contribution is 5.52. The summed E-state index contributed by atoms with van der Waals surface area (Å²) in [6.07, 6.45) is 1.23. The number of rotatable bonds is 0. The molecule has 0 bridgehead atoms. The number of benzene rings is 1. The van der Waals surface area contributed by atoms with E-state index in [1.54, 1.807) is 0 Å². The van der Waals surface area contributed by atoms with Gasteiger partial charge in [-0.3, -0.25) is 0 Å². The summed E-state index contributed by atoms with van der Waals surface area (Å²) >= 11 is 0. The van der Waals surface area contributed by atoms with Gasteiger partial charge in [0.2, 0.25) is 0 Å². The molecule has 0 aromatic heterocycles. The van der Waals surface area contributed by atoms with Crippen LogP contribution in [0, 0.1) is 5.92 Å². The highest BCUT2D eigenvalue weighted by Crippen LogP contribution is 2.23. The van der Waals surface area contributed by atoms with Crippen LogP contribution in [0.2, 0.25) is 0 Å². The van der Waals surface area contributed by atoms with Crippen LogP contribution in [0.5, 0.6) is 0 Å². The monoisotopic (exact) mass is 179 g/mol. The van der Waals surface area contributed by atoms with Gasteiger partial charge in [0.1, 0.15) is 0 Å². The first-order valence-corrected chi connectivity index (χ1v) is 5.18. The average Bonchev–Trinajstić information content (AvgIpc) is 2.21. The summed E-state index contributed by atoms with van der Waals surface area (Å²) in [5.41, 5.74) is 2.79. The summed E-state index contributed by atoms with van der Waals surface area (Å²) in [5.74, 6) is 0.782. The van der Waals surface area contributed by atoms with E-state index in [2.05, 4.69) is 36.5 Å². The van der Waals surface area contributed by atoms with E-state index in [-0.39, 0.29) is 1.43 Å². The number of nitrogens with one attached hydrogen (secondary N) is 1. The SMILES string of the molecule is CC.CC1CNc2ccccc2C1.[HH]. The largest absolute Gasteiger partial charge is 0.385 e. The Morgan fingerprint density at radius 1 is 1.31 bits per heavy atom. The van der Waals surface area contributed by atoms with Gasteiger partial charge in [-0.1, -0.05) is 39.0 Å². The fraction of sp³-hybridized carbons (Fsp3) is 0.500. The van der Waals surface area contributed by atoms with Gasteiger partial charge in [0, 0.05) is 13.7 Å². The van der Waals surface area contributed by atoms with Crippen molar-refractivity contribution in [2.45, 2.75) is 27.2 Å². The fourth-order valence-corrected chi connectivity index (χ4v) is 1.60. The van der Waals surface area contributed by atoms with Crippen molar-refractivity contribution < 1.29 is 1.43 Å². The van der Waals surface area contributed by atoms with Crippen molar-refractivity contribution in [2.75, 3.05) is 11.9 Å². The second kappa shape index (κ2) is 4.90. The Hall–Kier alpha value is -0.980. The summed E-state index contributed by atoms with van der Waals surface area (Å²) < 4.78 is 0.